The number of hydrogen-bond acceptors (Lipinski definition) is 7. The van der Waals surface area contributed by atoms with Crippen LogP contribution in [0.25, 0.3) is 0 Å². The van der Waals surface area contributed by atoms with Gasteiger partial charge in [-0.25, -0.2) is 5.84 Å². The van der Waals surface area contributed by atoms with Gasteiger partial charge in [-0.1, -0.05) is 26.2 Å². The maximum atomic E-state index is 5.40. The van der Waals surface area contributed by atoms with Gasteiger partial charge in [0.05, 0.1) is 13.7 Å². The first-order chi connectivity index (χ1) is 8.30. The number of nitrogens with one attached hydrogen (secondary N) is 1. The van der Waals surface area contributed by atoms with Crippen LogP contribution in [-0.4, -0.2) is 28.7 Å². The molecule has 0 unspecified atom stereocenters. The first-order valence-corrected chi connectivity index (χ1v) is 5.69. The Balaban J connectivity index is 2.46. The van der Waals surface area contributed by atoms with Crippen LogP contribution in [0, 0.1) is 0 Å². The van der Waals surface area contributed by atoms with E-state index in [1.165, 1.54) is 20.0 Å². The number of rotatable bonds is 8. The van der Waals surface area contributed by atoms with Crippen LogP contribution in [-0.2, 0) is 0 Å². The predicted molar refractivity (Wildman–Crippen MR) is 63.8 cm³/mol. The van der Waals surface area contributed by atoms with E-state index < -0.39 is 0 Å². The average Bonchev–Trinajstić information content (AvgIpc) is 2.38. The summed E-state index contributed by atoms with van der Waals surface area (Å²) in [5.74, 6) is 5.45. The van der Waals surface area contributed by atoms with Gasteiger partial charge in [0.2, 0.25) is 5.95 Å². The van der Waals surface area contributed by atoms with Crippen LogP contribution in [0.4, 0.5) is 5.95 Å². The summed E-state index contributed by atoms with van der Waals surface area (Å²) < 4.78 is 10.3. The highest BCUT2D eigenvalue weighted by Crippen LogP contribution is 2.12. The van der Waals surface area contributed by atoms with E-state index in [9.17, 15) is 0 Å². The monoisotopic (exact) mass is 241 g/mol. The van der Waals surface area contributed by atoms with Crippen LogP contribution < -0.4 is 20.7 Å². The molecule has 1 aromatic heterocycles. The molecule has 17 heavy (non-hydrogen) atoms. The number of methoxy groups -OCH3 is 1. The van der Waals surface area contributed by atoms with Crippen LogP contribution in [0.2, 0.25) is 0 Å². The zero-order valence-corrected chi connectivity index (χ0v) is 10.3. The zero-order chi connectivity index (χ0) is 12.5. The van der Waals surface area contributed by atoms with Crippen molar-refractivity contribution >= 4 is 5.95 Å². The van der Waals surface area contributed by atoms with E-state index in [2.05, 4.69) is 27.3 Å². The van der Waals surface area contributed by atoms with Crippen molar-refractivity contribution in [1.82, 2.24) is 15.0 Å². The minimum Gasteiger partial charge on any atom is -0.467 e. The number of ether oxygens (including phenoxy) is 2. The third-order valence-electron chi connectivity index (χ3n) is 2.14. The smallest absolute Gasteiger partial charge is 0.324 e. The molecule has 0 aromatic carbocycles. The van der Waals surface area contributed by atoms with Crippen LogP contribution in [0.15, 0.2) is 0 Å². The first-order valence-electron chi connectivity index (χ1n) is 5.69. The van der Waals surface area contributed by atoms with Crippen molar-refractivity contribution in [3.8, 4) is 12.0 Å². The molecule has 96 valence electrons. The summed E-state index contributed by atoms with van der Waals surface area (Å²) >= 11 is 0. The Labute approximate surface area is 101 Å². The number of unbranched alkanes of at least 4 members (excludes halogenated alkanes) is 3. The van der Waals surface area contributed by atoms with Gasteiger partial charge in [-0.05, 0) is 6.42 Å². The highest BCUT2D eigenvalue weighted by molar-refractivity contribution is 5.25. The molecule has 3 N–H and O–H groups in total. The number of anilines is 1. The summed E-state index contributed by atoms with van der Waals surface area (Å²) in [7, 11) is 1.47. The van der Waals surface area contributed by atoms with Crippen molar-refractivity contribution in [3.05, 3.63) is 0 Å². The van der Waals surface area contributed by atoms with Gasteiger partial charge >= 0.3 is 12.0 Å². The second-order valence-electron chi connectivity index (χ2n) is 3.48. The molecule has 0 spiro atoms. The zero-order valence-electron chi connectivity index (χ0n) is 10.3. The number of hydrogen-bond donors (Lipinski definition) is 2. The van der Waals surface area contributed by atoms with E-state index in [0.717, 1.165) is 12.8 Å². The summed E-state index contributed by atoms with van der Waals surface area (Å²) in [5, 5.41) is 0. The molecule has 0 radical (unpaired) electrons. The fourth-order valence-electron chi connectivity index (χ4n) is 1.25. The Bertz CT molecular complexity index is 312. The maximum absolute atomic E-state index is 5.40. The molecule has 0 atom stereocenters. The van der Waals surface area contributed by atoms with Gasteiger partial charge in [-0.15, -0.1) is 4.98 Å². The highest BCUT2D eigenvalue weighted by atomic mass is 16.5. The minimum absolute atomic E-state index is 0.177. The Hall–Kier alpha value is -1.63. The Morgan fingerprint density at radius 2 is 1.88 bits per heavy atom. The van der Waals surface area contributed by atoms with Crippen molar-refractivity contribution in [3.63, 3.8) is 0 Å². The third kappa shape index (κ3) is 4.81. The highest BCUT2D eigenvalue weighted by Gasteiger charge is 2.06. The van der Waals surface area contributed by atoms with Crippen LogP contribution in [0.3, 0.4) is 0 Å². The molecule has 0 fully saturated rings. The molecule has 7 heteroatoms. The van der Waals surface area contributed by atoms with Gasteiger partial charge in [0.15, 0.2) is 0 Å². The predicted octanol–water partition coefficient (Wildman–Crippen LogP) is 1.12. The molecule has 0 amide bonds. The fraction of sp³-hybridized carbons (Fsp3) is 0.700. The van der Waals surface area contributed by atoms with Crippen LogP contribution in [0.5, 0.6) is 12.0 Å². The Morgan fingerprint density at radius 1 is 1.12 bits per heavy atom. The maximum Gasteiger partial charge on any atom is 0.324 e. The number of nitrogens with zero attached hydrogens (tertiary/aromatic N) is 3. The molecular formula is C10H19N5O2. The van der Waals surface area contributed by atoms with Gasteiger partial charge in [0, 0.05) is 0 Å². The second-order valence-corrected chi connectivity index (χ2v) is 3.48. The molecule has 1 aromatic rings. The lowest BCUT2D eigenvalue weighted by molar-refractivity contribution is 0.272. The largest absolute Gasteiger partial charge is 0.467 e. The molecule has 0 saturated carbocycles. The lowest BCUT2D eigenvalue weighted by Crippen LogP contribution is -2.13. The summed E-state index contributed by atoms with van der Waals surface area (Å²) in [6.45, 7) is 2.74. The lowest BCUT2D eigenvalue weighted by atomic mass is 10.2. The number of aromatic nitrogens is 3. The summed E-state index contributed by atoms with van der Waals surface area (Å²) in [6, 6.07) is 0.401. The Morgan fingerprint density at radius 3 is 2.53 bits per heavy atom. The van der Waals surface area contributed by atoms with Crippen molar-refractivity contribution in [2.75, 3.05) is 19.1 Å². The van der Waals surface area contributed by atoms with Crippen molar-refractivity contribution in [2.24, 2.45) is 5.84 Å². The summed E-state index contributed by atoms with van der Waals surface area (Å²) in [5.41, 5.74) is 2.33. The first kappa shape index (κ1) is 13.4. The Kier molecular flexibility index (Phi) is 6.02. The summed E-state index contributed by atoms with van der Waals surface area (Å²) in [6.07, 6.45) is 4.52. The van der Waals surface area contributed by atoms with Crippen molar-refractivity contribution < 1.29 is 9.47 Å². The average molecular weight is 241 g/mol. The van der Waals surface area contributed by atoms with Crippen LogP contribution in [0.1, 0.15) is 32.6 Å². The van der Waals surface area contributed by atoms with E-state index in [1.54, 1.807) is 0 Å². The van der Waals surface area contributed by atoms with Gasteiger partial charge in [0.1, 0.15) is 0 Å². The number of hydrazine groups is 1. The number of nitrogen functional groups attached to an aromatic ring is 1. The van der Waals surface area contributed by atoms with Crippen molar-refractivity contribution in [1.29, 1.82) is 0 Å². The molecule has 1 heterocycles. The lowest BCUT2D eigenvalue weighted by Gasteiger charge is -2.06. The quantitative estimate of drug-likeness (QED) is 0.400. The summed E-state index contributed by atoms with van der Waals surface area (Å²) in [4.78, 5) is 11.8. The molecule has 0 bridgehead atoms. The normalized spacial score (nSPS) is 10.1. The van der Waals surface area contributed by atoms with Gasteiger partial charge in [0.25, 0.3) is 0 Å². The molecule has 1 rings (SSSR count). The van der Waals surface area contributed by atoms with Gasteiger partial charge in [-0.2, -0.15) is 9.97 Å². The molecule has 7 nitrogen and oxygen atoms in total. The standard InChI is InChI=1S/C10H19N5O2/c1-3-4-5-6-7-17-10-13-8(15-11)12-9(14-10)16-2/h3-7,11H2,1-2H3,(H,12,13,14,15). The second kappa shape index (κ2) is 7.61. The van der Waals surface area contributed by atoms with Crippen LogP contribution >= 0.6 is 0 Å². The van der Waals surface area contributed by atoms with E-state index in [0.29, 0.717) is 6.61 Å². The fourth-order valence-corrected chi connectivity index (χ4v) is 1.25. The van der Waals surface area contributed by atoms with E-state index in [4.69, 9.17) is 15.3 Å². The molecule has 0 aliphatic heterocycles. The SMILES string of the molecule is CCCCCCOc1nc(NN)nc(OC)n1. The molecule has 0 aliphatic carbocycles. The van der Waals surface area contributed by atoms with Crippen molar-refractivity contribution in [2.45, 2.75) is 32.6 Å². The molecular weight excluding hydrogens is 222 g/mol. The third-order valence-corrected chi connectivity index (χ3v) is 2.14. The van der Waals surface area contributed by atoms with E-state index in [-0.39, 0.29) is 18.0 Å². The number of nitrogens with two attached hydrogens (primary N) is 1. The topological polar surface area (TPSA) is 95.2 Å². The van der Waals surface area contributed by atoms with Gasteiger partial charge in [-0.3, -0.25) is 5.43 Å². The van der Waals surface area contributed by atoms with E-state index in [1.807, 2.05) is 0 Å². The minimum atomic E-state index is 0.177. The molecule has 0 saturated heterocycles. The van der Waals surface area contributed by atoms with E-state index >= 15 is 0 Å². The molecule has 0 aliphatic rings. The van der Waals surface area contributed by atoms with Gasteiger partial charge < -0.3 is 9.47 Å².